The summed E-state index contributed by atoms with van der Waals surface area (Å²) in [5.74, 6) is -0.262. The Hall–Kier alpha value is -1.26. The van der Waals surface area contributed by atoms with Crippen molar-refractivity contribution in [1.29, 1.82) is 0 Å². The molecule has 1 aromatic rings. The summed E-state index contributed by atoms with van der Waals surface area (Å²) in [6.45, 7) is 6.54. The summed E-state index contributed by atoms with van der Waals surface area (Å²) in [4.78, 5) is 0. The number of aliphatic hydroxyl groups excluding tert-OH is 1. The molecule has 0 saturated heterocycles. The molecule has 0 aliphatic carbocycles. The first-order chi connectivity index (χ1) is 7.49. The van der Waals surface area contributed by atoms with E-state index in [9.17, 15) is 15.3 Å². The summed E-state index contributed by atoms with van der Waals surface area (Å²) < 4.78 is 0. The molecule has 4 N–H and O–H groups in total. The molecule has 0 amide bonds. The van der Waals surface area contributed by atoms with Crippen molar-refractivity contribution >= 4 is 0 Å². The largest absolute Gasteiger partial charge is 0.504 e. The molecule has 0 radical (unpaired) electrons. The van der Waals surface area contributed by atoms with Crippen LogP contribution >= 0.6 is 0 Å². The molecule has 0 spiro atoms. The van der Waals surface area contributed by atoms with Crippen LogP contribution in [0.25, 0.3) is 0 Å². The van der Waals surface area contributed by atoms with Crippen LogP contribution in [-0.2, 0) is 0 Å². The van der Waals surface area contributed by atoms with Crippen LogP contribution in [0.4, 0.5) is 0 Å². The molecule has 90 valence electrons. The Bertz CT molecular complexity index is 377. The lowest BCUT2D eigenvalue weighted by atomic mass is 9.98. The van der Waals surface area contributed by atoms with Gasteiger partial charge in [-0.05, 0) is 37.6 Å². The summed E-state index contributed by atoms with van der Waals surface area (Å²) in [5, 5.41) is 32.1. The van der Waals surface area contributed by atoms with E-state index in [-0.39, 0.29) is 11.5 Å². The molecular formula is C12H19NO3. The summed E-state index contributed by atoms with van der Waals surface area (Å²) in [5.41, 5.74) is 1.73. The Morgan fingerprint density at radius 2 is 1.88 bits per heavy atom. The number of nitrogens with one attached hydrogen (secondary N) is 1. The molecule has 1 aromatic carbocycles. The smallest absolute Gasteiger partial charge is 0.161 e. The molecule has 0 fully saturated rings. The molecule has 1 atom stereocenters. The first-order valence-electron chi connectivity index (χ1n) is 5.39. The van der Waals surface area contributed by atoms with Gasteiger partial charge in [0.1, 0.15) is 0 Å². The number of hydrogen-bond donors (Lipinski definition) is 4. The number of likely N-dealkylation sites (N-methyl/N-ethyl adjacent to an activating group) is 1. The van der Waals surface area contributed by atoms with Crippen LogP contribution in [0.1, 0.15) is 29.7 Å². The van der Waals surface area contributed by atoms with E-state index in [2.05, 4.69) is 5.32 Å². The van der Waals surface area contributed by atoms with Gasteiger partial charge in [-0.15, -0.1) is 0 Å². The van der Waals surface area contributed by atoms with Gasteiger partial charge in [0.05, 0.1) is 6.10 Å². The van der Waals surface area contributed by atoms with Crippen LogP contribution in [-0.4, -0.2) is 28.4 Å². The average molecular weight is 225 g/mol. The lowest BCUT2D eigenvalue weighted by molar-refractivity contribution is 0.174. The quantitative estimate of drug-likeness (QED) is 0.584. The van der Waals surface area contributed by atoms with Gasteiger partial charge in [0, 0.05) is 12.1 Å². The average Bonchev–Trinajstić information content (AvgIpc) is 2.28. The zero-order valence-electron chi connectivity index (χ0n) is 9.91. The predicted octanol–water partition coefficient (Wildman–Crippen LogP) is 1.36. The number of aromatic hydroxyl groups is 2. The lowest BCUT2D eigenvalue weighted by Gasteiger charge is -2.17. The Balaban J connectivity index is 3.05. The maximum Gasteiger partial charge on any atom is 0.161 e. The highest BCUT2D eigenvalue weighted by Crippen LogP contribution is 2.36. The second-order valence-electron chi connectivity index (χ2n) is 3.93. The van der Waals surface area contributed by atoms with E-state index in [1.54, 1.807) is 19.9 Å². The summed E-state index contributed by atoms with van der Waals surface area (Å²) >= 11 is 0. The standard InChI is InChI=1S/C12H19NO3/c1-4-13-6-10(14)9-5-7(2)11(15)12(16)8(9)3/h5,10,13-16H,4,6H2,1-3H3. The highest BCUT2D eigenvalue weighted by atomic mass is 16.3. The second kappa shape index (κ2) is 5.18. The minimum Gasteiger partial charge on any atom is -0.504 e. The molecule has 1 rings (SSSR count). The van der Waals surface area contributed by atoms with E-state index in [4.69, 9.17) is 0 Å². The Morgan fingerprint density at radius 1 is 1.25 bits per heavy atom. The van der Waals surface area contributed by atoms with Gasteiger partial charge in [-0.1, -0.05) is 6.92 Å². The SMILES string of the molecule is CCNCC(O)c1cc(C)c(O)c(O)c1C. The molecule has 0 bridgehead atoms. The molecule has 1 unspecified atom stereocenters. The number of hydrogen-bond acceptors (Lipinski definition) is 4. The fraction of sp³-hybridized carbons (Fsp3) is 0.500. The molecule has 0 aliphatic rings. The van der Waals surface area contributed by atoms with Crippen LogP contribution in [0.15, 0.2) is 6.07 Å². The van der Waals surface area contributed by atoms with E-state index in [1.165, 1.54) is 0 Å². The minimum absolute atomic E-state index is 0.114. The third kappa shape index (κ3) is 2.46. The Morgan fingerprint density at radius 3 is 2.44 bits per heavy atom. The van der Waals surface area contributed by atoms with E-state index >= 15 is 0 Å². The van der Waals surface area contributed by atoms with Gasteiger partial charge in [-0.3, -0.25) is 0 Å². The van der Waals surface area contributed by atoms with Crippen molar-refractivity contribution in [3.63, 3.8) is 0 Å². The van der Waals surface area contributed by atoms with Crippen molar-refractivity contribution < 1.29 is 15.3 Å². The third-order valence-corrected chi connectivity index (χ3v) is 2.70. The third-order valence-electron chi connectivity index (χ3n) is 2.70. The van der Waals surface area contributed by atoms with Crippen molar-refractivity contribution in [3.8, 4) is 11.5 Å². The van der Waals surface area contributed by atoms with E-state index < -0.39 is 6.10 Å². The first kappa shape index (κ1) is 12.8. The topological polar surface area (TPSA) is 72.7 Å². The Kier molecular flexibility index (Phi) is 4.15. The van der Waals surface area contributed by atoms with Crippen LogP contribution < -0.4 is 5.32 Å². The van der Waals surface area contributed by atoms with Gasteiger partial charge in [0.15, 0.2) is 11.5 Å². The van der Waals surface area contributed by atoms with Crippen LogP contribution in [0, 0.1) is 13.8 Å². The molecular weight excluding hydrogens is 206 g/mol. The number of aryl methyl sites for hydroxylation is 1. The van der Waals surface area contributed by atoms with Gasteiger partial charge in [-0.2, -0.15) is 0 Å². The highest BCUT2D eigenvalue weighted by Gasteiger charge is 2.16. The lowest BCUT2D eigenvalue weighted by Crippen LogP contribution is -2.21. The number of phenols is 2. The molecule has 0 saturated carbocycles. The van der Waals surface area contributed by atoms with Gasteiger partial charge >= 0.3 is 0 Å². The maximum absolute atomic E-state index is 9.92. The van der Waals surface area contributed by atoms with Crippen LogP contribution in [0.2, 0.25) is 0 Å². The molecule has 0 heterocycles. The normalized spacial score (nSPS) is 12.8. The maximum atomic E-state index is 9.92. The molecule has 4 heteroatoms. The molecule has 0 aliphatic heterocycles. The minimum atomic E-state index is -0.676. The van der Waals surface area contributed by atoms with E-state index in [0.29, 0.717) is 23.2 Å². The summed E-state index contributed by atoms with van der Waals surface area (Å²) in [7, 11) is 0. The fourth-order valence-electron chi connectivity index (χ4n) is 1.65. The highest BCUT2D eigenvalue weighted by molar-refractivity contribution is 5.53. The van der Waals surface area contributed by atoms with E-state index in [0.717, 1.165) is 6.54 Å². The van der Waals surface area contributed by atoms with Gasteiger partial charge < -0.3 is 20.6 Å². The van der Waals surface area contributed by atoms with Crippen molar-refractivity contribution in [2.45, 2.75) is 26.9 Å². The van der Waals surface area contributed by atoms with Crippen molar-refractivity contribution in [1.82, 2.24) is 5.32 Å². The van der Waals surface area contributed by atoms with Crippen molar-refractivity contribution in [2.75, 3.05) is 13.1 Å². The number of phenolic OH excluding ortho intramolecular Hbond substituents is 2. The molecule has 16 heavy (non-hydrogen) atoms. The van der Waals surface area contributed by atoms with Gasteiger partial charge in [-0.25, -0.2) is 0 Å². The monoisotopic (exact) mass is 225 g/mol. The summed E-state index contributed by atoms with van der Waals surface area (Å²) in [6.07, 6.45) is -0.676. The molecule has 0 aromatic heterocycles. The Labute approximate surface area is 95.6 Å². The molecule has 4 nitrogen and oxygen atoms in total. The zero-order chi connectivity index (χ0) is 12.3. The zero-order valence-corrected chi connectivity index (χ0v) is 9.91. The van der Waals surface area contributed by atoms with Gasteiger partial charge in [0.2, 0.25) is 0 Å². The fourth-order valence-corrected chi connectivity index (χ4v) is 1.65. The van der Waals surface area contributed by atoms with Crippen LogP contribution in [0.5, 0.6) is 11.5 Å². The van der Waals surface area contributed by atoms with Crippen LogP contribution in [0.3, 0.4) is 0 Å². The van der Waals surface area contributed by atoms with Gasteiger partial charge in [0.25, 0.3) is 0 Å². The van der Waals surface area contributed by atoms with Crippen molar-refractivity contribution in [3.05, 3.63) is 22.8 Å². The van der Waals surface area contributed by atoms with E-state index in [1.807, 2.05) is 6.92 Å². The predicted molar refractivity (Wildman–Crippen MR) is 62.7 cm³/mol. The number of aliphatic hydroxyl groups is 1. The second-order valence-corrected chi connectivity index (χ2v) is 3.93. The number of rotatable bonds is 4. The number of benzene rings is 1. The summed E-state index contributed by atoms with van der Waals surface area (Å²) in [6, 6.07) is 1.70. The van der Waals surface area contributed by atoms with Crippen molar-refractivity contribution in [2.24, 2.45) is 0 Å². The first-order valence-corrected chi connectivity index (χ1v) is 5.39.